The van der Waals surface area contributed by atoms with E-state index < -0.39 is 5.60 Å². The summed E-state index contributed by atoms with van der Waals surface area (Å²) in [5, 5.41) is 0. The monoisotopic (exact) mass is 311 g/mol. The molecule has 18 heavy (non-hydrogen) atoms. The Morgan fingerprint density at radius 2 is 2.00 bits per heavy atom. The summed E-state index contributed by atoms with van der Waals surface area (Å²) >= 11 is 3.56. The molecule has 1 aromatic carbocycles. The lowest BCUT2D eigenvalue weighted by Crippen LogP contribution is -2.33. The van der Waals surface area contributed by atoms with Crippen LogP contribution in [-0.4, -0.2) is 16.6 Å². The van der Waals surface area contributed by atoms with E-state index in [0.29, 0.717) is 13.1 Å². The topological polar surface area (TPSA) is 29.5 Å². The molecule has 0 aromatic heterocycles. The van der Waals surface area contributed by atoms with Gasteiger partial charge < -0.3 is 4.74 Å². The number of fused-ring (bicyclic) bond motifs is 1. The first kappa shape index (κ1) is 13.4. The average molecular weight is 312 g/mol. The summed E-state index contributed by atoms with van der Waals surface area (Å²) in [5.74, 6) is 0. The van der Waals surface area contributed by atoms with Crippen LogP contribution in [0.3, 0.4) is 0 Å². The van der Waals surface area contributed by atoms with Crippen molar-refractivity contribution in [1.29, 1.82) is 0 Å². The molecular formula is C14H18BrNO2. The molecule has 1 aliphatic rings. The molecule has 0 N–H and O–H groups in total. The van der Waals surface area contributed by atoms with Gasteiger partial charge in [-0.25, -0.2) is 4.79 Å². The van der Waals surface area contributed by atoms with E-state index >= 15 is 0 Å². The number of benzene rings is 1. The van der Waals surface area contributed by atoms with Crippen molar-refractivity contribution < 1.29 is 9.53 Å². The van der Waals surface area contributed by atoms with Crippen molar-refractivity contribution in [3.63, 3.8) is 0 Å². The minimum atomic E-state index is -0.445. The second-order valence-corrected chi connectivity index (χ2v) is 6.58. The first-order valence-electron chi connectivity index (χ1n) is 6.02. The van der Waals surface area contributed by atoms with Gasteiger partial charge in [0.05, 0.1) is 6.54 Å². The molecule has 0 spiro atoms. The van der Waals surface area contributed by atoms with Gasteiger partial charge >= 0.3 is 6.09 Å². The second-order valence-electron chi connectivity index (χ2n) is 5.72. The van der Waals surface area contributed by atoms with E-state index in [1.54, 1.807) is 4.90 Å². The molecule has 98 valence electrons. The molecule has 0 aliphatic carbocycles. The lowest BCUT2D eigenvalue weighted by molar-refractivity contribution is 0.0241. The Hall–Kier alpha value is -1.03. The van der Waals surface area contributed by atoms with Crippen LogP contribution in [0.4, 0.5) is 4.79 Å². The van der Waals surface area contributed by atoms with Gasteiger partial charge in [-0.1, -0.05) is 22.0 Å². The van der Waals surface area contributed by atoms with Crippen molar-refractivity contribution in [3.8, 4) is 0 Å². The van der Waals surface area contributed by atoms with Crippen molar-refractivity contribution in [2.75, 3.05) is 0 Å². The van der Waals surface area contributed by atoms with Gasteiger partial charge in [0.15, 0.2) is 0 Å². The van der Waals surface area contributed by atoms with Gasteiger partial charge in [0.2, 0.25) is 0 Å². The van der Waals surface area contributed by atoms with Crippen LogP contribution < -0.4 is 0 Å². The third-order valence-corrected chi connectivity index (χ3v) is 3.50. The molecule has 1 aliphatic heterocycles. The van der Waals surface area contributed by atoms with E-state index in [1.807, 2.05) is 20.8 Å². The van der Waals surface area contributed by atoms with E-state index in [1.165, 1.54) is 16.7 Å². The molecule has 3 nitrogen and oxygen atoms in total. The molecule has 2 rings (SSSR count). The number of halogens is 1. The Balaban J connectivity index is 2.15. The summed E-state index contributed by atoms with van der Waals surface area (Å²) in [4.78, 5) is 13.8. The number of nitrogens with zero attached hydrogens (tertiary/aromatic N) is 1. The minimum absolute atomic E-state index is 0.247. The van der Waals surface area contributed by atoms with Gasteiger partial charge in [-0.3, -0.25) is 4.90 Å². The van der Waals surface area contributed by atoms with Gasteiger partial charge in [0.1, 0.15) is 5.60 Å². The second kappa shape index (κ2) is 4.57. The van der Waals surface area contributed by atoms with Crippen molar-refractivity contribution >= 4 is 22.0 Å². The molecule has 1 aromatic rings. The van der Waals surface area contributed by atoms with Crippen LogP contribution >= 0.6 is 15.9 Å². The number of ether oxygens (including phenoxy) is 1. The van der Waals surface area contributed by atoms with Crippen LogP contribution in [0, 0.1) is 6.92 Å². The van der Waals surface area contributed by atoms with Gasteiger partial charge in [0, 0.05) is 11.0 Å². The number of hydrogen-bond donors (Lipinski definition) is 0. The highest BCUT2D eigenvalue weighted by Gasteiger charge is 2.28. The minimum Gasteiger partial charge on any atom is -0.444 e. The number of carbonyl (C=O) groups excluding carboxylic acids is 1. The molecule has 0 atom stereocenters. The third kappa shape index (κ3) is 2.86. The van der Waals surface area contributed by atoms with E-state index in [-0.39, 0.29) is 6.09 Å². The zero-order valence-electron chi connectivity index (χ0n) is 11.2. The number of hydrogen-bond acceptors (Lipinski definition) is 2. The largest absolute Gasteiger partial charge is 0.444 e. The summed E-state index contributed by atoms with van der Waals surface area (Å²) in [6.45, 7) is 8.95. The fourth-order valence-electron chi connectivity index (χ4n) is 2.07. The van der Waals surface area contributed by atoms with Crippen LogP contribution in [-0.2, 0) is 17.8 Å². The van der Waals surface area contributed by atoms with E-state index in [4.69, 9.17) is 4.74 Å². The Kier molecular flexibility index (Phi) is 3.41. The first-order valence-corrected chi connectivity index (χ1v) is 6.81. The SMILES string of the molecule is Cc1cc(Br)c2c(c1)CN(C(=O)OC(C)(C)C)C2. The quantitative estimate of drug-likeness (QED) is 0.724. The fourth-order valence-corrected chi connectivity index (χ4v) is 2.81. The molecule has 0 saturated heterocycles. The summed E-state index contributed by atoms with van der Waals surface area (Å²) in [6, 6.07) is 4.21. The normalized spacial score (nSPS) is 14.6. The molecule has 4 heteroatoms. The summed E-state index contributed by atoms with van der Waals surface area (Å²) in [6.07, 6.45) is -0.247. The smallest absolute Gasteiger partial charge is 0.410 e. The van der Waals surface area contributed by atoms with Crippen molar-refractivity contribution in [3.05, 3.63) is 33.3 Å². The first-order chi connectivity index (χ1) is 8.26. The molecule has 0 unspecified atom stereocenters. The van der Waals surface area contributed by atoms with E-state index in [2.05, 4.69) is 35.0 Å². The molecular weight excluding hydrogens is 294 g/mol. The summed E-state index contributed by atoms with van der Waals surface area (Å²) in [5.41, 5.74) is 3.14. The van der Waals surface area contributed by atoms with Crippen LogP contribution in [0.15, 0.2) is 16.6 Å². The highest BCUT2D eigenvalue weighted by Crippen LogP contribution is 2.31. The van der Waals surface area contributed by atoms with E-state index in [0.717, 1.165) is 4.47 Å². The maximum atomic E-state index is 12.0. The Bertz CT molecular complexity index is 491. The van der Waals surface area contributed by atoms with Gasteiger partial charge in [0.25, 0.3) is 0 Å². The average Bonchev–Trinajstić information content (AvgIpc) is 2.58. The lowest BCUT2D eigenvalue weighted by Gasteiger charge is -2.24. The third-order valence-electron chi connectivity index (χ3n) is 2.79. The molecule has 1 heterocycles. The fraction of sp³-hybridized carbons (Fsp3) is 0.500. The summed E-state index contributed by atoms with van der Waals surface area (Å²) in [7, 11) is 0. The number of aryl methyl sites for hydroxylation is 1. The molecule has 1 amide bonds. The zero-order valence-corrected chi connectivity index (χ0v) is 12.8. The van der Waals surface area contributed by atoms with Crippen LogP contribution in [0.1, 0.15) is 37.5 Å². The number of carbonyl (C=O) groups is 1. The zero-order chi connectivity index (χ0) is 13.5. The highest BCUT2D eigenvalue weighted by molar-refractivity contribution is 9.10. The molecule has 0 fully saturated rings. The Morgan fingerprint density at radius 3 is 2.61 bits per heavy atom. The molecule has 0 saturated carbocycles. The van der Waals surface area contributed by atoms with E-state index in [9.17, 15) is 4.79 Å². The molecule has 0 bridgehead atoms. The predicted octanol–water partition coefficient (Wildman–Crippen LogP) is 4.01. The Labute approximate surface area is 116 Å². The van der Waals surface area contributed by atoms with Crippen molar-refractivity contribution in [2.24, 2.45) is 0 Å². The van der Waals surface area contributed by atoms with Gasteiger partial charge in [-0.05, 0) is 50.5 Å². The summed E-state index contributed by atoms with van der Waals surface area (Å²) < 4.78 is 6.47. The van der Waals surface area contributed by atoms with Crippen LogP contribution in [0.5, 0.6) is 0 Å². The van der Waals surface area contributed by atoms with Crippen molar-refractivity contribution in [2.45, 2.75) is 46.4 Å². The standard InChI is InChI=1S/C14H18BrNO2/c1-9-5-10-7-16(8-11(10)12(15)6-9)13(17)18-14(2,3)4/h5-6H,7-8H2,1-4H3. The van der Waals surface area contributed by atoms with Crippen LogP contribution in [0.2, 0.25) is 0 Å². The number of rotatable bonds is 0. The lowest BCUT2D eigenvalue weighted by atomic mass is 10.1. The predicted molar refractivity (Wildman–Crippen MR) is 74.4 cm³/mol. The molecule has 0 radical (unpaired) electrons. The highest BCUT2D eigenvalue weighted by atomic mass is 79.9. The Morgan fingerprint density at radius 1 is 1.33 bits per heavy atom. The van der Waals surface area contributed by atoms with Crippen LogP contribution in [0.25, 0.3) is 0 Å². The van der Waals surface area contributed by atoms with Gasteiger partial charge in [-0.15, -0.1) is 0 Å². The number of amides is 1. The maximum Gasteiger partial charge on any atom is 0.410 e. The van der Waals surface area contributed by atoms with Crippen molar-refractivity contribution in [1.82, 2.24) is 4.90 Å². The van der Waals surface area contributed by atoms with Gasteiger partial charge in [-0.2, -0.15) is 0 Å². The maximum absolute atomic E-state index is 12.0.